The summed E-state index contributed by atoms with van der Waals surface area (Å²) in [5, 5.41) is 11.1. The first-order valence-corrected chi connectivity index (χ1v) is 9.72. The fourth-order valence-electron chi connectivity index (χ4n) is 5.61. The van der Waals surface area contributed by atoms with Gasteiger partial charge in [-0.05, 0) is 42.2 Å². The van der Waals surface area contributed by atoms with Crippen molar-refractivity contribution in [1.29, 1.82) is 0 Å². The van der Waals surface area contributed by atoms with E-state index >= 15 is 0 Å². The highest BCUT2D eigenvalue weighted by Crippen LogP contribution is 2.54. The lowest BCUT2D eigenvalue weighted by Crippen LogP contribution is -2.39. The molecule has 5 heteroatoms. The molecule has 2 heterocycles. The van der Waals surface area contributed by atoms with Crippen molar-refractivity contribution in [1.82, 2.24) is 9.88 Å². The summed E-state index contributed by atoms with van der Waals surface area (Å²) in [6.45, 7) is 7.83. The number of rotatable bonds is 3. The molecule has 1 aliphatic heterocycles. The second kappa shape index (κ2) is 5.58. The topological polar surface area (TPSA) is 56.3 Å². The zero-order valence-electron chi connectivity index (χ0n) is 15.0. The number of hydrogen-bond donors (Lipinski definition) is 2. The molecule has 1 saturated carbocycles. The molecule has 25 heavy (non-hydrogen) atoms. The molecule has 1 aromatic heterocycles. The van der Waals surface area contributed by atoms with E-state index in [9.17, 15) is 9.90 Å². The Hall–Kier alpha value is -1.33. The monoisotopic (exact) mass is 404 g/mol. The molecule has 4 rings (SSSR count). The number of nitrogens with zero attached hydrogens (tertiary/aromatic N) is 1. The van der Waals surface area contributed by atoms with Crippen molar-refractivity contribution in [3.05, 3.63) is 34.4 Å². The van der Waals surface area contributed by atoms with Crippen LogP contribution < -0.4 is 0 Å². The van der Waals surface area contributed by atoms with E-state index in [0.29, 0.717) is 6.04 Å². The van der Waals surface area contributed by atoms with Gasteiger partial charge in [-0.2, -0.15) is 0 Å². The fraction of sp³-hybridized carbons (Fsp3) is 0.550. The van der Waals surface area contributed by atoms with Gasteiger partial charge in [-0.1, -0.05) is 42.8 Å². The second-order valence-electron chi connectivity index (χ2n) is 9.06. The van der Waals surface area contributed by atoms with Gasteiger partial charge in [0.1, 0.15) is 6.04 Å². The highest BCUT2D eigenvalue weighted by Gasteiger charge is 2.52. The van der Waals surface area contributed by atoms with Crippen LogP contribution in [0.15, 0.2) is 28.9 Å². The smallest absolute Gasteiger partial charge is 0.325 e. The first-order valence-electron chi connectivity index (χ1n) is 8.93. The summed E-state index contributed by atoms with van der Waals surface area (Å²) in [6.07, 6.45) is 5.22. The van der Waals surface area contributed by atoms with E-state index in [1.807, 2.05) is 24.4 Å². The zero-order valence-corrected chi connectivity index (χ0v) is 16.6. The Kier molecular flexibility index (Phi) is 3.82. The Labute approximate surface area is 156 Å². The number of likely N-dealkylation sites (tertiary alicyclic amines) is 1. The van der Waals surface area contributed by atoms with Gasteiger partial charge >= 0.3 is 5.97 Å². The lowest BCUT2D eigenvalue weighted by atomic mass is 9.65. The molecule has 2 N–H and O–H groups in total. The number of hydrogen-bond acceptors (Lipinski definition) is 2. The minimum absolute atomic E-state index is 0.218. The largest absolute Gasteiger partial charge is 0.480 e. The summed E-state index contributed by atoms with van der Waals surface area (Å²) < 4.78 is 0.992. The molecular weight excluding hydrogens is 380 g/mol. The lowest BCUT2D eigenvalue weighted by Gasteiger charge is -2.40. The van der Waals surface area contributed by atoms with E-state index in [-0.39, 0.29) is 10.8 Å². The summed E-state index contributed by atoms with van der Waals surface area (Å²) in [5.41, 5.74) is 2.35. The Morgan fingerprint density at radius 2 is 2.12 bits per heavy atom. The van der Waals surface area contributed by atoms with Gasteiger partial charge in [-0.3, -0.25) is 9.69 Å². The fourth-order valence-corrected chi connectivity index (χ4v) is 5.97. The SMILES string of the molecule is CC1(C)C[C@H]2C[C@@](C)(CN2[C@H](C(=O)O)c2c[nH]c3cc(Br)ccc23)C1. The van der Waals surface area contributed by atoms with Crippen LogP contribution in [0, 0.1) is 10.8 Å². The van der Waals surface area contributed by atoms with Crippen molar-refractivity contribution in [2.45, 2.75) is 52.1 Å². The number of carboxylic acid groups (broad SMARTS) is 1. The van der Waals surface area contributed by atoms with Crippen molar-refractivity contribution < 1.29 is 9.90 Å². The molecular formula is C20H25BrN2O2. The Morgan fingerprint density at radius 1 is 1.36 bits per heavy atom. The number of aromatic amines is 1. The number of aliphatic carboxylic acids is 1. The maximum atomic E-state index is 12.3. The molecule has 3 atom stereocenters. The summed E-state index contributed by atoms with van der Waals surface area (Å²) in [5.74, 6) is -0.752. The average Bonchev–Trinajstić information content (AvgIpc) is 2.97. The third kappa shape index (κ3) is 2.91. The standard InChI is InChI=1S/C20H25BrN2O2/c1-19(2)7-13-8-20(3,10-19)11-23(13)17(18(24)25)15-9-22-16-6-12(21)4-5-14(15)16/h4-6,9,13,17,22H,7-8,10-11H2,1-3H3,(H,24,25)/t13-,17-,20+/m0/s1. The molecule has 2 aliphatic rings. The van der Waals surface area contributed by atoms with E-state index in [2.05, 4.69) is 46.6 Å². The number of carbonyl (C=O) groups is 1. The van der Waals surface area contributed by atoms with E-state index in [4.69, 9.17) is 0 Å². The Morgan fingerprint density at radius 3 is 2.84 bits per heavy atom. The maximum Gasteiger partial charge on any atom is 0.325 e. The molecule has 2 fully saturated rings. The van der Waals surface area contributed by atoms with Crippen molar-refractivity contribution in [3.63, 3.8) is 0 Å². The minimum atomic E-state index is -0.752. The molecule has 2 bridgehead atoms. The predicted octanol–water partition coefficient (Wildman–Crippen LogP) is 4.96. The van der Waals surface area contributed by atoms with Crippen molar-refractivity contribution in [2.24, 2.45) is 10.8 Å². The number of nitrogens with one attached hydrogen (secondary N) is 1. The molecule has 1 aromatic carbocycles. The summed E-state index contributed by atoms with van der Waals surface area (Å²) in [6, 6.07) is 5.75. The van der Waals surface area contributed by atoms with Gasteiger partial charge in [-0.15, -0.1) is 0 Å². The Bertz CT molecular complexity index is 843. The summed E-state index contributed by atoms with van der Waals surface area (Å²) in [7, 11) is 0. The zero-order chi connectivity index (χ0) is 18.0. The quantitative estimate of drug-likeness (QED) is 0.759. The maximum absolute atomic E-state index is 12.3. The molecule has 0 amide bonds. The lowest BCUT2D eigenvalue weighted by molar-refractivity contribution is -0.144. The summed E-state index contributed by atoms with van der Waals surface area (Å²) >= 11 is 3.48. The van der Waals surface area contributed by atoms with Crippen molar-refractivity contribution in [3.8, 4) is 0 Å². The van der Waals surface area contributed by atoms with Crippen molar-refractivity contribution in [2.75, 3.05) is 6.54 Å². The highest BCUT2D eigenvalue weighted by atomic mass is 79.9. The van der Waals surface area contributed by atoms with Crippen LogP contribution in [0.1, 0.15) is 51.6 Å². The number of benzene rings is 1. The number of halogens is 1. The molecule has 0 unspecified atom stereocenters. The van der Waals surface area contributed by atoms with E-state index in [1.165, 1.54) is 6.42 Å². The molecule has 1 aliphatic carbocycles. The molecule has 4 nitrogen and oxygen atoms in total. The predicted molar refractivity (Wildman–Crippen MR) is 103 cm³/mol. The van der Waals surface area contributed by atoms with Crippen LogP contribution in [-0.4, -0.2) is 33.5 Å². The van der Waals surface area contributed by atoms with Crippen LogP contribution in [0.2, 0.25) is 0 Å². The molecule has 134 valence electrons. The third-order valence-electron chi connectivity index (χ3n) is 5.99. The molecule has 2 aromatic rings. The van der Waals surface area contributed by atoms with Crippen LogP contribution in [-0.2, 0) is 4.79 Å². The number of aromatic nitrogens is 1. The van der Waals surface area contributed by atoms with Gasteiger partial charge in [0.2, 0.25) is 0 Å². The van der Waals surface area contributed by atoms with Crippen LogP contribution >= 0.6 is 15.9 Å². The van der Waals surface area contributed by atoms with Gasteiger partial charge in [-0.25, -0.2) is 0 Å². The minimum Gasteiger partial charge on any atom is -0.480 e. The van der Waals surface area contributed by atoms with Crippen LogP contribution in [0.3, 0.4) is 0 Å². The van der Waals surface area contributed by atoms with Crippen LogP contribution in [0.4, 0.5) is 0 Å². The molecule has 0 spiro atoms. The number of carboxylic acids is 1. The molecule has 0 radical (unpaired) electrons. The van der Waals surface area contributed by atoms with Crippen LogP contribution in [0.5, 0.6) is 0 Å². The van der Waals surface area contributed by atoms with Gasteiger partial charge < -0.3 is 10.1 Å². The molecule has 1 saturated heterocycles. The van der Waals surface area contributed by atoms with Crippen molar-refractivity contribution >= 4 is 32.8 Å². The van der Waals surface area contributed by atoms with E-state index in [0.717, 1.165) is 40.3 Å². The highest BCUT2D eigenvalue weighted by molar-refractivity contribution is 9.10. The first-order chi connectivity index (χ1) is 11.7. The Balaban J connectivity index is 1.76. The second-order valence-corrected chi connectivity index (χ2v) is 9.98. The van der Waals surface area contributed by atoms with Gasteiger partial charge in [0.15, 0.2) is 0 Å². The van der Waals surface area contributed by atoms with E-state index < -0.39 is 12.0 Å². The normalized spacial score (nSPS) is 29.8. The van der Waals surface area contributed by atoms with Gasteiger partial charge in [0.25, 0.3) is 0 Å². The average molecular weight is 405 g/mol. The van der Waals surface area contributed by atoms with Gasteiger partial charge in [0, 0.05) is 39.7 Å². The number of fused-ring (bicyclic) bond motifs is 3. The first kappa shape index (κ1) is 17.1. The summed E-state index contributed by atoms with van der Waals surface area (Å²) in [4.78, 5) is 17.8. The number of H-pyrrole nitrogens is 1. The van der Waals surface area contributed by atoms with Gasteiger partial charge in [0.05, 0.1) is 0 Å². The third-order valence-corrected chi connectivity index (χ3v) is 6.48. The van der Waals surface area contributed by atoms with Crippen LogP contribution in [0.25, 0.3) is 10.9 Å². The van der Waals surface area contributed by atoms with E-state index in [1.54, 1.807) is 0 Å².